The van der Waals surface area contributed by atoms with Crippen LogP contribution in [0, 0.1) is 18.7 Å². The second kappa shape index (κ2) is 8.48. The van der Waals surface area contributed by atoms with Crippen molar-refractivity contribution < 1.29 is 4.39 Å². The van der Waals surface area contributed by atoms with Gasteiger partial charge in [0.1, 0.15) is 11.6 Å². The summed E-state index contributed by atoms with van der Waals surface area (Å²) in [6.45, 7) is 9.09. The Bertz CT molecular complexity index is 1140. The van der Waals surface area contributed by atoms with Gasteiger partial charge in [-0.05, 0) is 69.8 Å². The molecule has 0 N–H and O–H groups in total. The average Bonchev–Trinajstić information content (AvgIpc) is 2.73. The number of halogens is 2. The fourth-order valence-corrected chi connectivity index (χ4v) is 4.59. The van der Waals surface area contributed by atoms with Crippen LogP contribution in [-0.4, -0.2) is 33.6 Å². The zero-order chi connectivity index (χ0) is 21.4. The van der Waals surface area contributed by atoms with E-state index < -0.39 is 5.82 Å². The van der Waals surface area contributed by atoms with Crippen molar-refractivity contribution in [3.63, 3.8) is 0 Å². The monoisotopic (exact) mass is 427 g/mol. The molecule has 2 heterocycles. The molecule has 30 heavy (non-hydrogen) atoms. The summed E-state index contributed by atoms with van der Waals surface area (Å²) in [7, 11) is 0. The molecule has 0 radical (unpaired) electrons. The van der Waals surface area contributed by atoms with Crippen LogP contribution in [0.4, 0.5) is 4.39 Å². The second-order valence-electron chi connectivity index (χ2n) is 8.51. The van der Waals surface area contributed by atoms with Gasteiger partial charge in [0.05, 0.1) is 15.9 Å². The first kappa shape index (κ1) is 21.0. The number of aryl methyl sites for hydroxylation is 1. The molecule has 4 rings (SSSR count). The van der Waals surface area contributed by atoms with Crippen LogP contribution in [-0.2, 0) is 6.54 Å². The molecule has 6 heteroatoms. The first-order valence-corrected chi connectivity index (χ1v) is 10.9. The Labute approximate surface area is 181 Å². The number of piperidine rings is 1. The Kier molecular flexibility index (Phi) is 5.94. The number of rotatable bonds is 4. The SMILES string of the molecule is Cc1nc2ccc(-c3cccc(Cl)c3F)cc2c(=O)n1C[C@H]1CCCN(C(C)C)C1. The number of aromatic nitrogens is 2. The van der Waals surface area contributed by atoms with E-state index in [2.05, 4.69) is 23.7 Å². The normalized spacial score (nSPS) is 17.7. The quantitative estimate of drug-likeness (QED) is 0.568. The summed E-state index contributed by atoms with van der Waals surface area (Å²) in [6, 6.07) is 10.7. The Morgan fingerprint density at radius 1 is 1.27 bits per heavy atom. The molecule has 1 fully saturated rings. The Morgan fingerprint density at radius 2 is 2.07 bits per heavy atom. The number of benzene rings is 2. The van der Waals surface area contributed by atoms with Crippen molar-refractivity contribution in [3.8, 4) is 11.1 Å². The van der Waals surface area contributed by atoms with Crippen LogP contribution in [0.15, 0.2) is 41.2 Å². The summed E-state index contributed by atoms with van der Waals surface area (Å²) in [5, 5.41) is 0.577. The molecule has 2 aromatic carbocycles. The van der Waals surface area contributed by atoms with Gasteiger partial charge in [0, 0.05) is 24.7 Å². The highest BCUT2D eigenvalue weighted by atomic mass is 35.5. The van der Waals surface area contributed by atoms with Crippen molar-refractivity contribution >= 4 is 22.5 Å². The Hall–Kier alpha value is -2.24. The van der Waals surface area contributed by atoms with E-state index in [-0.39, 0.29) is 10.6 Å². The third-order valence-corrected chi connectivity index (χ3v) is 6.42. The third kappa shape index (κ3) is 4.01. The van der Waals surface area contributed by atoms with Crippen LogP contribution in [0.25, 0.3) is 22.0 Å². The van der Waals surface area contributed by atoms with Gasteiger partial charge in [0.15, 0.2) is 0 Å². The van der Waals surface area contributed by atoms with Crippen LogP contribution in [0.3, 0.4) is 0 Å². The summed E-state index contributed by atoms with van der Waals surface area (Å²) >= 11 is 5.94. The summed E-state index contributed by atoms with van der Waals surface area (Å²) in [5.74, 6) is 0.663. The highest BCUT2D eigenvalue weighted by Gasteiger charge is 2.23. The minimum Gasteiger partial charge on any atom is -0.301 e. The van der Waals surface area contributed by atoms with Crippen molar-refractivity contribution in [3.05, 3.63) is 63.4 Å². The molecule has 3 aromatic rings. The van der Waals surface area contributed by atoms with E-state index in [9.17, 15) is 9.18 Å². The highest BCUT2D eigenvalue weighted by molar-refractivity contribution is 6.31. The maximum Gasteiger partial charge on any atom is 0.261 e. The standard InChI is InChI=1S/C24H27ClFN3O/c1-15(2)28-11-5-6-17(13-28)14-29-16(3)27-22-10-9-18(12-20(22)24(29)30)19-7-4-8-21(25)23(19)26/h4,7-10,12,15,17H,5-6,11,13-14H2,1-3H3/t17-/m0/s1. The molecule has 0 aliphatic carbocycles. The summed E-state index contributed by atoms with van der Waals surface area (Å²) in [4.78, 5) is 20.5. The number of hydrogen-bond donors (Lipinski definition) is 0. The fourth-order valence-electron chi connectivity index (χ4n) is 4.41. The molecule has 0 unspecified atom stereocenters. The van der Waals surface area contributed by atoms with Crippen molar-refractivity contribution in [2.45, 2.75) is 46.2 Å². The summed E-state index contributed by atoms with van der Waals surface area (Å²) < 4.78 is 16.3. The maximum atomic E-state index is 14.5. The molecule has 1 atom stereocenters. The molecule has 158 valence electrons. The van der Waals surface area contributed by atoms with E-state index in [4.69, 9.17) is 11.6 Å². The van der Waals surface area contributed by atoms with E-state index in [1.807, 2.05) is 6.92 Å². The van der Waals surface area contributed by atoms with Gasteiger partial charge in [-0.1, -0.05) is 29.8 Å². The molecule has 1 aliphatic heterocycles. The lowest BCUT2D eigenvalue weighted by Crippen LogP contribution is -2.42. The van der Waals surface area contributed by atoms with Crippen LogP contribution in [0.2, 0.25) is 5.02 Å². The summed E-state index contributed by atoms with van der Waals surface area (Å²) in [6.07, 6.45) is 2.26. The number of nitrogens with zero attached hydrogens (tertiary/aromatic N) is 3. The van der Waals surface area contributed by atoms with Crippen molar-refractivity contribution in [1.29, 1.82) is 0 Å². The van der Waals surface area contributed by atoms with E-state index in [0.717, 1.165) is 31.8 Å². The van der Waals surface area contributed by atoms with Crippen molar-refractivity contribution in [2.24, 2.45) is 5.92 Å². The number of likely N-dealkylation sites (tertiary alicyclic amines) is 1. The highest BCUT2D eigenvalue weighted by Crippen LogP contribution is 2.29. The van der Waals surface area contributed by atoms with Crippen LogP contribution >= 0.6 is 11.6 Å². The molecular formula is C24H27ClFN3O. The molecule has 4 nitrogen and oxygen atoms in total. The molecule has 0 amide bonds. The van der Waals surface area contributed by atoms with Gasteiger partial charge < -0.3 is 4.90 Å². The lowest BCUT2D eigenvalue weighted by atomic mass is 9.96. The van der Waals surface area contributed by atoms with Crippen LogP contribution < -0.4 is 5.56 Å². The van der Waals surface area contributed by atoms with E-state index in [1.54, 1.807) is 34.9 Å². The van der Waals surface area contributed by atoms with E-state index in [1.165, 1.54) is 6.07 Å². The van der Waals surface area contributed by atoms with Crippen molar-refractivity contribution in [1.82, 2.24) is 14.5 Å². The van der Waals surface area contributed by atoms with Gasteiger partial charge in [-0.2, -0.15) is 0 Å². The van der Waals surface area contributed by atoms with Gasteiger partial charge >= 0.3 is 0 Å². The van der Waals surface area contributed by atoms with Gasteiger partial charge in [0.2, 0.25) is 0 Å². The predicted octanol–water partition coefficient (Wildman–Crippen LogP) is 5.28. The maximum absolute atomic E-state index is 14.5. The van der Waals surface area contributed by atoms with E-state index >= 15 is 0 Å². The van der Waals surface area contributed by atoms with Crippen molar-refractivity contribution in [2.75, 3.05) is 13.1 Å². The van der Waals surface area contributed by atoms with Gasteiger partial charge in [-0.15, -0.1) is 0 Å². The third-order valence-electron chi connectivity index (χ3n) is 6.13. The smallest absolute Gasteiger partial charge is 0.261 e. The number of hydrogen-bond acceptors (Lipinski definition) is 3. The first-order valence-electron chi connectivity index (χ1n) is 10.5. The molecule has 0 bridgehead atoms. The lowest BCUT2D eigenvalue weighted by Gasteiger charge is -2.35. The number of fused-ring (bicyclic) bond motifs is 1. The van der Waals surface area contributed by atoms with Crippen LogP contribution in [0.5, 0.6) is 0 Å². The minimum atomic E-state index is -0.477. The van der Waals surface area contributed by atoms with Gasteiger partial charge in [-0.25, -0.2) is 9.37 Å². The zero-order valence-electron chi connectivity index (χ0n) is 17.7. The zero-order valence-corrected chi connectivity index (χ0v) is 18.4. The average molecular weight is 428 g/mol. The summed E-state index contributed by atoms with van der Waals surface area (Å²) in [5.41, 5.74) is 1.58. The molecule has 0 spiro atoms. The van der Waals surface area contributed by atoms with E-state index in [0.29, 0.717) is 40.5 Å². The minimum absolute atomic E-state index is 0.0662. The Morgan fingerprint density at radius 3 is 2.83 bits per heavy atom. The van der Waals surface area contributed by atoms with Gasteiger partial charge in [0.25, 0.3) is 5.56 Å². The van der Waals surface area contributed by atoms with Crippen LogP contribution in [0.1, 0.15) is 32.5 Å². The predicted molar refractivity (Wildman–Crippen MR) is 121 cm³/mol. The molecular weight excluding hydrogens is 401 g/mol. The fraction of sp³-hybridized carbons (Fsp3) is 0.417. The lowest BCUT2D eigenvalue weighted by molar-refractivity contribution is 0.129. The molecule has 0 saturated carbocycles. The Balaban J connectivity index is 1.73. The molecule has 1 aliphatic rings. The molecule has 1 aromatic heterocycles. The van der Waals surface area contributed by atoms with Gasteiger partial charge in [-0.3, -0.25) is 9.36 Å². The second-order valence-corrected chi connectivity index (χ2v) is 8.91. The topological polar surface area (TPSA) is 38.1 Å². The first-order chi connectivity index (χ1) is 14.3. The largest absolute Gasteiger partial charge is 0.301 e. The molecule has 1 saturated heterocycles.